The normalized spacial score (nSPS) is 11.3. The first-order valence-electron chi connectivity index (χ1n) is 7.18. The molecule has 3 aromatic rings. The van der Waals surface area contributed by atoms with Gasteiger partial charge in [0.2, 0.25) is 10.0 Å². The van der Waals surface area contributed by atoms with E-state index in [9.17, 15) is 8.42 Å². The Morgan fingerprint density at radius 3 is 2.61 bits per heavy atom. The molecule has 0 spiro atoms. The Morgan fingerprint density at radius 1 is 1.13 bits per heavy atom. The molecular weight excluding hydrogens is 310 g/mol. The monoisotopic (exact) mass is 327 g/mol. The molecule has 0 saturated heterocycles. The number of aryl methyl sites for hydroxylation is 1. The van der Waals surface area contributed by atoms with Crippen LogP contribution in [-0.2, 0) is 15.8 Å². The van der Waals surface area contributed by atoms with Gasteiger partial charge in [0.05, 0.1) is 5.75 Å². The first kappa shape index (κ1) is 15.3. The van der Waals surface area contributed by atoms with Crippen molar-refractivity contribution in [1.29, 1.82) is 0 Å². The molecule has 0 bridgehead atoms. The molecule has 1 heterocycles. The topological polar surface area (TPSA) is 74.8 Å². The summed E-state index contributed by atoms with van der Waals surface area (Å²) in [6.45, 7) is 1.97. The number of aromatic nitrogens is 2. The number of imidazole rings is 1. The molecule has 2 N–H and O–H groups in total. The number of H-pyrrole nitrogens is 1. The van der Waals surface area contributed by atoms with E-state index < -0.39 is 10.0 Å². The van der Waals surface area contributed by atoms with Crippen molar-refractivity contribution in [2.75, 3.05) is 4.72 Å². The van der Waals surface area contributed by atoms with Crippen LogP contribution in [-0.4, -0.2) is 18.4 Å². The molecule has 6 heteroatoms. The first-order chi connectivity index (χ1) is 11.0. The van der Waals surface area contributed by atoms with E-state index in [0.717, 1.165) is 16.7 Å². The van der Waals surface area contributed by atoms with E-state index in [2.05, 4.69) is 14.7 Å². The van der Waals surface area contributed by atoms with Gasteiger partial charge in [0, 0.05) is 23.6 Å². The average molecular weight is 327 g/mol. The Bertz CT molecular complexity index is 886. The number of hydrogen-bond acceptors (Lipinski definition) is 3. The second-order valence-corrected chi connectivity index (χ2v) is 7.09. The highest BCUT2D eigenvalue weighted by Crippen LogP contribution is 2.20. The Kier molecular flexibility index (Phi) is 4.16. The van der Waals surface area contributed by atoms with Crippen LogP contribution in [0.5, 0.6) is 0 Å². The molecule has 0 saturated carbocycles. The fourth-order valence-corrected chi connectivity index (χ4v) is 3.46. The lowest BCUT2D eigenvalue weighted by atomic mass is 10.2. The molecule has 1 aromatic heterocycles. The van der Waals surface area contributed by atoms with Crippen LogP contribution in [0.15, 0.2) is 60.9 Å². The van der Waals surface area contributed by atoms with Crippen LogP contribution in [0.25, 0.3) is 11.4 Å². The highest BCUT2D eigenvalue weighted by molar-refractivity contribution is 7.91. The molecule has 5 nitrogen and oxygen atoms in total. The van der Waals surface area contributed by atoms with Crippen molar-refractivity contribution in [2.45, 2.75) is 12.7 Å². The molecule has 3 rings (SSSR count). The molecule has 0 atom stereocenters. The van der Waals surface area contributed by atoms with Crippen molar-refractivity contribution in [1.82, 2.24) is 9.97 Å². The number of hydrogen-bond donors (Lipinski definition) is 2. The van der Waals surface area contributed by atoms with Gasteiger partial charge in [-0.3, -0.25) is 4.72 Å². The summed E-state index contributed by atoms with van der Waals surface area (Å²) in [6.07, 6.45) is 3.38. The lowest BCUT2D eigenvalue weighted by Gasteiger charge is -2.09. The van der Waals surface area contributed by atoms with Crippen LogP contribution in [0.1, 0.15) is 11.1 Å². The van der Waals surface area contributed by atoms with E-state index in [1.165, 1.54) is 0 Å². The van der Waals surface area contributed by atoms with E-state index >= 15 is 0 Å². The van der Waals surface area contributed by atoms with Gasteiger partial charge >= 0.3 is 0 Å². The third-order valence-electron chi connectivity index (χ3n) is 3.38. The van der Waals surface area contributed by atoms with Gasteiger partial charge in [0.15, 0.2) is 0 Å². The van der Waals surface area contributed by atoms with Crippen molar-refractivity contribution >= 4 is 15.7 Å². The lowest BCUT2D eigenvalue weighted by Crippen LogP contribution is -2.15. The maximum atomic E-state index is 12.3. The molecule has 0 aliphatic heterocycles. The van der Waals surface area contributed by atoms with Gasteiger partial charge in [-0.2, -0.15) is 0 Å². The third kappa shape index (κ3) is 3.98. The smallest absolute Gasteiger partial charge is 0.236 e. The molecule has 2 aromatic carbocycles. The number of rotatable bonds is 5. The fraction of sp³-hybridized carbons (Fsp3) is 0.118. The molecule has 0 fully saturated rings. The van der Waals surface area contributed by atoms with E-state index in [1.54, 1.807) is 30.6 Å². The molecular formula is C17H17N3O2S. The second-order valence-electron chi connectivity index (χ2n) is 5.37. The summed E-state index contributed by atoms with van der Waals surface area (Å²) in [5, 5.41) is 0. The van der Waals surface area contributed by atoms with Crippen molar-refractivity contribution in [2.24, 2.45) is 0 Å². The minimum absolute atomic E-state index is 0.0573. The number of anilines is 1. The van der Waals surface area contributed by atoms with Gasteiger partial charge in [0.25, 0.3) is 0 Å². The van der Waals surface area contributed by atoms with E-state index in [4.69, 9.17) is 0 Å². The zero-order valence-electron chi connectivity index (χ0n) is 12.7. The number of nitrogens with one attached hydrogen (secondary N) is 2. The molecule has 0 radical (unpaired) electrons. The highest BCUT2D eigenvalue weighted by atomic mass is 32.2. The third-order valence-corrected chi connectivity index (χ3v) is 4.64. The molecule has 0 unspecified atom stereocenters. The quantitative estimate of drug-likeness (QED) is 0.755. The van der Waals surface area contributed by atoms with E-state index in [-0.39, 0.29) is 5.75 Å². The summed E-state index contributed by atoms with van der Waals surface area (Å²) in [6, 6.07) is 14.6. The lowest BCUT2D eigenvalue weighted by molar-refractivity contribution is 0.600. The average Bonchev–Trinajstić information content (AvgIpc) is 3.03. The van der Waals surface area contributed by atoms with Crippen LogP contribution < -0.4 is 4.72 Å². The maximum Gasteiger partial charge on any atom is 0.236 e. The first-order valence-corrected chi connectivity index (χ1v) is 8.83. The van der Waals surface area contributed by atoms with Crippen molar-refractivity contribution < 1.29 is 8.42 Å². The predicted octanol–water partition coefficient (Wildman–Crippen LogP) is 3.33. The summed E-state index contributed by atoms with van der Waals surface area (Å²) in [4.78, 5) is 7.17. The SMILES string of the molecule is Cc1ccc(CS(=O)(=O)Nc2cccc(-c3ncc[nH]3)c2)cc1. The molecule has 118 valence electrons. The van der Waals surface area contributed by atoms with Crippen LogP contribution in [0, 0.1) is 6.92 Å². The van der Waals surface area contributed by atoms with Crippen molar-refractivity contribution in [3.63, 3.8) is 0 Å². The minimum atomic E-state index is -3.47. The second kappa shape index (κ2) is 6.26. The highest BCUT2D eigenvalue weighted by Gasteiger charge is 2.12. The summed E-state index contributed by atoms with van der Waals surface area (Å²) in [7, 11) is -3.47. The zero-order valence-corrected chi connectivity index (χ0v) is 13.5. The number of sulfonamides is 1. The van der Waals surface area contributed by atoms with Gasteiger partial charge in [0.1, 0.15) is 5.82 Å². The number of aromatic amines is 1. The molecule has 23 heavy (non-hydrogen) atoms. The Hall–Kier alpha value is -2.60. The maximum absolute atomic E-state index is 12.3. The van der Waals surface area contributed by atoms with Crippen LogP contribution in [0.4, 0.5) is 5.69 Å². The zero-order chi connectivity index (χ0) is 16.3. The van der Waals surface area contributed by atoms with Gasteiger partial charge in [-0.05, 0) is 24.6 Å². The summed E-state index contributed by atoms with van der Waals surface area (Å²) in [5.41, 5.74) is 3.20. The van der Waals surface area contributed by atoms with Gasteiger partial charge in [-0.1, -0.05) is 42.0 Å². The van der Waals surface area contributed by atoms with E-state index in [1.807, 2.05) is 37.3 Å². The van der Waals surface area contributed by atoms with Crippen LogP contribution in [0.3, 0.4) is 0 Å². The minimum Gasteiger partial charge on any atom is -0.345 e. The number of benzene rings is 2. The summed E-state index contributed by atoms with van der Waals surface area (Å²) >= 11 is 0. The summed E-state index contributed by atoms with van der Waals surface area (Å²) < 4.78 is 27.2. The molecule has 0 aliphatic carbocycles. The van der Waals surface area contributed by atoms with Crippen molar-refractivity contribution in [3.8, 4) is 11.4 Å². The Balaban J connectivity index is 1.78. The number of nitrogens with zero attached hydrogens (tertiary/aromatic N) is 1. The standard InChI is InChI=1S/C17H17N3O2S/c1-13-5-7-14(8-6-13)12-23(21,22)20-16-4-2-3-15(11-16)17-18-9-10-19-17/h2-11,20H,12H2,1H3,(H,18,19). The molecule has 0 aliphatic rings. The Labute approximate surface area is 135 Å². The Morgan fingerprint density at radius 2 is 1.91 bits per heavy atom. The van der Waals surface area contributed by atoms with Gasteiger partial charge in [-0.25, -0.2) is 13.4 Å². The van der Waals surface area contributed by atoms with Gasteiger partial charge < -0.3 is 4.98 Å². The van der Waals surface area contributed by atoms with Crippen LogP contribution >= 0.6 is 0 Å². The fourth-order valence-electron chi connectivity index (χ4n) is 2.27. The largest absolute Gasteiger partial charge is 0.345 e. The van der Waals surface area contributed by atoms with Gasteiger partial charge in [-0.15, -0.1) is 0 Å². The van der Waals surface area contributed by atoms with Crippen LogP contribution in [0.2, 0.25) is 0 Å². The van der Waals surface area contributed by atoms with Crippen molar-refractivity contribution in [3.05, 3.63) is 72.1 Å². The predicted molar refractivity (Wildman–Crippen MR) is 91.4 cm³/mol. The summed E-state index contributed by atoms with van der Waals surface area (Å²) in [5.74, 6) is 0.641. The molecule has 0 amide bonds. The van der Waals surface area contributed by atoms with E-state index in [0.29, 0.717) is 11.5 Å².